The number of rotatable bonds is 5. The highest BCUT2D eigenvalue weighted by Crippen LogP contribution is 2.08. The molecule has 0 saturated heterocycles. The van der Waals surface area contributed by atoms with Crippen molar-refractivity contribution in [1.82, 2.24) is 15.0 Å². The number of aliphatic hydroxyl groups is 1. The van der Waals surface area contributed by atoms with E-state index in [2.05, 4.69) is 10.3 Å². The van der Waals surface area contributed by atoms with Gasteiger partial charge in [0.1, 0.15) is 0 Å². The molecule has 0 amide bonds. The van der Waals surface area contributed by atoms with Crippen LogP contribution in [0.15, 0.2) is 6.20 Å². The molecule has 0 aromatic carbocycles. The number of hydrogen-bond acceptors (Lipinski definition) is 4. The molecule has 5 heteroatoms. The Bertz CT molecular complexity index is 271. The smallest absolute Gasteiger partial charge is 0.0858 e. The van der Waals surface area contributed by atoms with Gasteiger partial charge in [-0.05, 0) is 6.42 Å². The average Bonchev–Trinajstić information content (AvgIpc) is 2.53. The first kappa shape index (κ1) is 11.1. The van der Waals surface area contributed by atoms with Gasteiger partial charge in [-0.3, -0.25) is 4.68 Å². The third-order valence-electron chi connectivity index (χ3n) is 2.20. The molecule has 1 heterocycles. The lowest BCUT2D eigenvalue weighted by Crippen LogP contribution is -2.29. The zero-order chi connectivity index (χ0) is 10.6. The first-order chi connectivity index (χ1) is 6.67. The second-order valence-corrected chi connectivity index (χ2v) is 3.34. The molecular weight excluding hydrogens is 182 g/mol. The minimum atomic E-state index is -0.512. The zero-order valence-corrected chi connectivity index (χ0v) is 8.84. The second kappa shape index (κ2) is 5.07. The van der Waals surface area contributed by atoms with Crippen molar-refractivity contribution < 1.29 is 9.84 Å². The Hall–Kier alpha value is -0.940. The van der Waals surface area contributed by atoms with Gasteiger partial charge < -0.3 is 9.84 Å². The molecule has 1 N–H and O–H groups in total. The van der Waals surface area contributed by atoms with E-state index < -0.39 is 6.10 Å². The summed E-state index contributed by atoms with van der Waals surface area (Å²) in [5.74, 6) is 0. The van der Waals surface area contributed by atoms with Gasteiger partial charge in [0.15, 0.2) is 0 Å². The van der Waals surface area contributed by atoms with Crippen molar-refractivity contribution in [2.24, 2.45) is 7.05 Å². The summed E-state index contributed by atoms with van der Waals surface area (Å²) in [6.45, 7) is 1.98. The molecule has 0 saturated carbocycles. The molecule has 2 unspecified atom stereocenters. The normalized spacial score (nSPS) is 15.4. The maximum atomic E-state index is 9.77. The number of aromatic nitrogens is 3. The lowest BCUT2D eigenvalue weighted by atomic mass is 10.1. The standard InChI is InChI=1S/C9H17N3O2/c1-4-9(14-3)8(13)5-7-6-12(2)11-10-7/h6,8-9,13H,4-5H2,1-3H3. The topological polar surface area (TPSA) is 60.2 Å². The van der Waals surface area contributed by atoms with Crippen LogP contribution in [0.4, 0.5) is 0 Å². The molecule has 0 aliphatic rings. The van der Waals surface area contributed by atoms with Gasteiger partial charge in [-0.25, -0.2) is 0 Å². The van der Waals surface area contributed by atoms with Crippen molar-refractivity contribution in [2.45, 2.75) is 32.0 Å². The third-order valence-corrected chi connectivity index (χ3v) is 2.20. The Morgan fingerprint density at radius 3 is 2.79 bits per heavy atom. The molecule has 0 bridgehead atoms. The Morgan fingerprint density at radius 2 is 2.36 bits per heavy atom. The number of aryl methyl sites for hydroxylation is 1. The number of methoxy groups -OCH3 is 1. The van der Waals surface area contributed by atoms with Crippen LogP contribution >= 0.6 is 0 Å². The van der Waals surface area contributed by atoms with E-state index in [1.54, 1.807) is 25.0 Å². The van der Waals surface area contributed by atoms with Crippen LogP contribution in [0.3, 0.4) is 0 Å². The number of nitrogens with zero attached hydrogens (tertiary/aromatic N) is 3. The van der Waals surface area contributed by atoms with Crippen LogP contribution in [-0.4, -0.2) is 39.4 Å². The molecule has 0 aliphatic heterocycles. The summed E-state index contributed by atoms with van der Waals surface area (Å²) in [5.41, 5.74) is 0.788. The Labute approximate surface area is 83.7 Å². The average molecular weight is 199 g/mol. The van der Waals surface area contributed by atoms with Crippen LogP contribution in [-0.2, 0) is 18.2 Å². The minimum Gasteiger partial charge on any atom is -0.390 e. The van der Waals surface area contributed by atoms with E-state index in [4.69, 9.17) is 4.74 Å². The van der Waals surface area contributed by atoms with Crippen molar-refractivity contribution in [3.63, 3.8) is 0 Å². The quantitative estimate of drug-likeness (QED) is 0.733. The maximum absolute atomic E-state index is 9.77. The molecule has 2 atom stereocenters. The van der Waals surface area contributed by atoms with Gasteiger partial charge in [-0.15, -0.1) is 5.10 Å². The van der Waals surface area contributed by atoms with Crippen molar-refractivity contribution in [1.29, 1.82) is 0 Å². The lowest BCUT2D eigenvalue weighted by Gasteiger charge is -2.18. The van der Waals surface area contributed by atoms with E-state index in [9.17, 15) is 5.11 Å². The van der Waals surface area contributed by atoms with Gasteiger partial charge in [0.2, 0.25) is 0 Å². The van der Waals surface area contributed by atoms with Crippen LogP contribution in [0.25, 0.3) is 0 Å². The molecule has 5 nitrogen and oxygen atoms in total. The van der Waals surface area contributed by atoms with Gasteiger partial charge >= 0.3 is 0 Å². The fourth-order valence-corrected chi connectivity index (χ4v) is 1.43. The van der Waals surface area contributed by atoms with Crippen molar-refractivity contribution in [2.75, 3.05) is 7.11 Å². The number of aliphatic hydroxyl groups excluding tert-OH is 1. The van der Waals surface area contributed by atoms with Crippen LogP contribution in [0.1, 0.15) is 19.0 Å². The maximum Gasteiger partial charge on any atom is 0.0858 e. The minimum absolute atomic E-state index is 0.128. The van der Waals surface area contributed by atoms with Crippen LogP contribution < -0.4 is 0 Å². The van der Waals surface area contributed by atoms with E-state index >= 15 is 0 Å². The predicted octanol–water partition coefficient (Wildman–Crippen LogP) is 0.143. The summed E-state index contributed by atoms with van der Waals surface area (Å²) in [6.07, 6.45) is 2.43. The summed E-state index contributed by atoms with van der Waals surface area (Å²) in [7, 11) is 3.41. The molecule has 0 radical (unpaired) electrons. The van der Waals surface area contributed by atoms with Gasteiger partial charge in [0.25, 0.3) is 0 Å². The van der Waals surface area contributed by atoms with Gasteiger partial charge in [0.05, 0.1) is 17.9 Å². The second-order valence-electron chi connectivity index (χ2n) is 3.34. The van der Waals surface area contributed by atoms with Crippen LogP contribution in [0.2, 0.25) is 0 Å². The highest BCUT2D eigenvalue weighted by molar-refractivity contribution is 4.95. The molecule has 1 aromatic heterocycles. The SMILES string of the molecule is CCC(OC)C(O)Cc1cn(C)nn1. The van der Waals surface area contributed by atoms with Gasteiger partial charge in [-0.1, -0.05) is 12.1 Å². The van der Waals surface area contributed by atoms with Gasteiger partial charge in [0, 0.05) is 26.8 Å². The predicted molar refractivity (Wildman–Crippen MR) is 51.8 cm³/mol. The number of ether oxygens (including phenoxy) is 1. The molecule has 14 heavy (non-hydrogen) atoms. The molecule has 0 spiro atoms. The molecule has 0 aliphatic carbocycles. The van der Waals surface area contributed by atoms with E-state index in [1.165, 1.54) is 0 Å². The summed E-state index contributed by atoms with van der Waals surface area (Å²) in [5, 5.41) is 17.5. The van der Waals surface area contributed by atoms with Crippen LogP contribution in [0, 0.1) is 0 Å². The summed E-state index contributed by atoms with van der Waals surface area (Å²) >= 11 is 0. The van der Waals surface area contributed by atoms with Crippen molar-refractivity contribution >= 4 is 0 Å². The fourth-order valence-electron chi connectivity index (χ4n) is 1.43. The Balaban J connectivity index is 2.51. The summed E-state index contributed by atoms with van der Waals surface area (Å²) in [4.78, 5) is 0. The van der Waals surface area contributed by atoms with E-state index in [1.807, 2.05) is 6.92 Å². The van der Waals surface area contributed by atoms with Crippen molar-refractivity contribution in [3.05, 3.63) is 11.9 Å². The Kier molecular flexibility index (Phi) is 4.03. The van der Waals surface area contributed by atoms with Crippen molar-refractivity contribution in [3.8, 4) is 0 Å². The molecule has 80 valence electrons. The van der Waals surface area contributed by atoms with Crippen LogP contribution in [0.5, 0.6) is 0 Å². The highest BCUT2D eigenvalue weighted by Gasteiger charge is 2.18. The van der Waals surface area contributed by atoms with E-state index in [0.29, 0.717) is 6.42 Å². The van der Waals surface area contributed by atoms with E-state index in [0.717, 1.165) is 12.1 Å². The number of hydrogen-bond donors (Lipinski definition) is 1. The first-order valence-corrected chi connectivity index (χ1v) is 4.73. The fraction of sp³-hybridized carbons (Fsp3) is 0.778. The largest absolute Gasteiger partial charge is 0.390 e. The summed E-state index contributed by atoms with van der Waals surface area (Å²) in [6, 6.07) is 0. The molecule has 1 aromatic rings. The third kappa shape index (κ3) is 2.78. The van der Waals surface area contributed by atoms with E-state index in [-0.39, 0.29) is 6.10 Å². The molecular formula is C9H17N3O2. The monoisotopic (exact) mass is 199 g/mol. The summed E-state index contributed by atoms with van der Waals surface area (Å²) < 4.78 is 6.76. The molecule has 0 fully saturated rings. The zero-order valence-electron chi connectivity index (χ0n) is 8.84. The van der Waals surface area contributed by atoms with Gasteiger partial charge in [-0.2, -0.15) is 0 Å². The highest BCUT2D eigenvalue weighted by atomic mass is 16.5. The lowest BCUT2D eigenvalue weighted by molar-refractivity contribution is -0.0132. The molecule has 1 rings (SSSR count). The Morgan fingerprint density at radius 1 is 1.64 bits per heavy atom. The first-order valence-electron chi connectivity index (χ1n) is 4.73.